The molecule has 0 radical (unpaired) electrons. The number of rotatable bonds is 4. The molecule has 1 aromatic heterocycles. The van der Waals surface area contributed by atoms with Gasteiger partial charge in [0, 0.05) is 5.02 Å². The van der Waals surface area contributed by atoms with Gasteiger partial charge >= 0.3 is 0 Å². The zero-order valence-electron chi connectivity index (χ0n) is 11.8. The van der Waals surface area contributed by atoms with E-state index in [4.69, 9.17) is 16.6 Å². The summed E-state index contributed by atoms with van der Waals surface area (Å²) in [7, 11) is 1.94. The maximum atomic E-state index is 5.93. The van der Waals surface area contributed by atoms with Gasteiger partial charge in [-0.3, -0.25) is 4.98 Å². The molecule has 0 fully saturated rings. The van der Waals surface area contributed by atoms with E-state index in [-0.39, 0.29) is 6.04 Å². The first-order valence-corrected chi connectivity index (χ1v) is 7.27. The summed E-state index contributed by atoms with van der Waals surface area (Å²) in [6, 6.07) is 15.9. The maximum Gasteiger partial charge on any atom is 0.0890 e. The Balaban J connectivity index is 1.88. The number of fused-ring (bicyclic) bond motifs is 1. The molecule has 0 spiro atoms. The van der Waals surface area contributed by atoms with Crippen molar-refractivity contribution in [3.8, 4) is 0 Å². The largest absolute Gasteiger partial charge is 0.311 e. The molecular formula is C17H16ClN3. The van der Waals surface area contributed by atoms with Gasteiger partial charge in [0.05, 0.1) is 29.0 Å². The molecule has 0 aliphatic rings. The van der Waals surface area contributed by atoms with E-state index in [1.54, 1.807) is 0 Å². The van der Waals surface area contributed by atoms with Crippen LogP contribution >= 0.6 is 11.6 Å². The predicted molar refractivity (Wildman–Crippen MR) is 86.5 cm³/mol. The fourth-order valence-corrected chi connectivity index (χ4v) is 2.48. The van der Waals surface area contributed by atoms with Crippen LogP contribution in [0.2, 0.25) is 5.02 Å². The highest BCUT2D eigenvalue weighted by atomic mass is 35.5. The van der Waals surface area contributed by atoms with Crippen LogP contribution in [0, 0.1) is 0 Å². The van der Waals surface area contributed by atoms with E-state index in [1.807, 2.05) is 61.8 Å². The predicted octanol–water partition coefficient (Wildman–Crippen LogP) is 3.79. The fraction of sp³-hybridized carbons (Fsp3) is 0.176. The lowest BCUT2D eigenvalue weighted by molar-refractivity contribution is 0.576. The van der Waals surface area contributed by atoms with Crippen LogP contribution in [-0.2, 0) is 6.42 Å². The molecule has 1 heterocycles. The number of likely N-dealkylation sites (N-methyl/N-ethyl adjacent to an activating group) is 1. The first-order valence-electron chi connectivity index (χ1n) is 6.89. The molecule has 2 aromatic carbocycles. The molecular weight excluding hydrogens is 282 g/mol. The van der Waals surface area contributed by atoms with E-state index in [1.165, 1.54) is 5.56 Å². The van der Waals surface area contributed by atoms with Crippen LogP contribution in [-0.4, -0.2) is 17.0 Å². The number of para-hydroxylation sites is 2. The van der Waals surface area contributed by atoms with Crippen molar-refractivity contribution in [2.75, 3.05) is 7.05 Å². The number of hydrogen-bond donors (Lipinski definition) is 1. The Hall–Kier alpha value is -1.97. The number of nitrogens with one attached hydrogen (secondary N) is 1. The average molecular weight is 298 g/mol. The molecule has 0 bridgehead atoms. The smallest absolute Gasteiger partial charge is 0.0890 e. The van der Waals surface area contributed by atoms with Crippen molar-refractivity contribution in [1.82, 2.24) is 15.3 Å². The third-order valence-corrected chi connectivity index (χ3v) is 3.78. The van der Waals surface area contributed by atoms with Gasteiger partial charge in [-0.15, -0.1) is 0 Å². The number of hydrogen-bond acceptors (Lipinski definition) is 3. The van der Waals surface area contributed by atoms with Crippen LogP contribution < -0.4 is 5.32 Å². The van der Waals surface area contributed by atoms with E-state index < -0.39 is 0 Å². The summed E-state index contributed by atoms with van der Waals surface area (Å²) in [4.78, 5) is 9.19. The van der Waals surface area contributed by atoms with Gasteiger partial charge in [0.25, 0.3) is 0 Å². The van der Waals surface area contributed by atoms with Gasteiger partial charge in [0.15, 0.2) is 0 Å². The number of aromatic nitrogens is 2. The van der Waals surface area contributed by atoms with Crippen molar-refractivity contribution in [2.24, 2.45) is 0 Å². The standard InChI is InChI=1S/C17H16ClN3/c1-19-16(10-12-6-8-13(18)9-7-12)17-11-20-14-4-2-3-5-15(14)21-17/h2-9,11,16,19H,10H2,1H3. The minimum atomic E-state index is 0.128. The first-order chi connectivity index (χ1) is 10.3. The Kier molecular flexibility index (Phi) is 4.13. The topological polar surface area (TPSA) is 37.8 Å². The summed E-state index contributed by atoms with van der Waals surface area (Å²) in [5.41, 5.74) is 4.01. The van der Waals surface area contributed by atoms with E-state index >= 15 is 0 Å². The van der Waals surface area contributed by atoms with E-state index in [9.17, 15) is 0 Å². The van der Waals surface area contributed by atoms with Gasteiger partial charge in [-0.1, -0.05) is 35.9 Å². The summed E-state index contributed by atoms with van der Waals surface area (Å²) >= 11 is 5.93. The fourth-order valence-electron chi connectivity index (χ4n) is 2.35. The molecule has 0 saturated heterocycles. The third-order valence-electron chi connectivity index (χ3n) is 3.53. The molecule has 0 aliphatic carbocycles. The second-order valence-corrected chi connectivity index (χ2v) is 5.39. The van der Waals surface area contributed by atoms with Crippen LogP contribution in [0.25, 0.3) is 11.0 Å². The SMILES string of the molecule is CNC(Cc1ccc(Cl)cc1)c1cnc2ccccc2n1. The quantitative estimate of drug-likeness (QED) is 0.796. The van der Waals surface area contributed by atoms with Crippen molar-refractivity contribution < 1.29 is 0 Å². The highest BCUT2D eigenvalue weighted by molar-refractivity contribution is 6.30. The van der Waals surface area contributed by atoms with Crippen molar-refractivity contribution >= 4 is 22.6 Å². The average Bonchev–Trinajstić information content (AvgIpc) is 2.54. The van der Waals surface area contributed by atoms with Crippen molar-refractivity contribution in [1.29, 1.82) is 0 Å². The highest BCUT2D eigenvalue weighted by Crippen LogP contribution is 2.19. The molecule has 3 nitrogen and oxygen atoms in total. The monoisotopic (exact) mass is 297 g/mol. The Morgan fingerprint density at radius 2 is 1.76 bits per heavy atom. The van der Waals surface area contributed by atoms with E-state index in [0.29, 0.717) is 0 Å². The van der Waals surface area contributed by atoms with Gasteiger partial charge < -0.3 is 5.32 Å². The molecule has 106 valence electrons. The third kappa shape index (κ3) is 3.20. The summed E-state index contributed by atoms with van der Waals surface area (Å²) in [6.45, 7) is 0. The van der Waals surface area contributed by atoms with Crippen LogP contribution in [0.4, 0.5) is 0 Å². The lowest BCUT2D eigenvalue weighted by atomic mass is 10.0. The van der Waals surface area contributed by atoms with Crippen LogP contribution in [0.3, 0.4) is 0 Å². The first kappa shape index (κ1) is 14.0. The second kappa shape index (κ2) is 6.20. The minimum absolute atomic E-state index is 0.128. The normalized spacial score (nSPS) is 12.5. The van der Waals surface area contributed by atoms with Gasteiger partial charge in [0.1, 0.15) is 0 Å². The molecule has 1 atom stereocenters. The second-order valence-electron chi connectivity index (χ2n) is 4.96. The summed E-state index contributed by atoms with van der Waals surface area (Å²) < 4.78 is 0. The minimum Gasteiger partial charge on any atom is -0.311 e. The molecule has 0 aliphatic heterocycles. The van der Waals surface area contributed by atoms with Crippen molar-refractivity contribution in [3.63, 3.8) is 0 Å². The Morgan fingerprint density at radius 3 is 2.48 bits per heavy atom. The van der Waals surface area contributed by atoms with Crippen LogP contribution in [0.1, 0.15) is 17.3 Å². The number of halogens is 1. The Morgan fingerprint density at radius 1 is 1.05 bits per heavy atom. The Bertz CT molecular complexity index is 740. The maximum absolute atomic E-state index is 5.93. The van der Waals surface area contributed by atoms with E-state index in [2.05, 4.69) is 10.3 Å². The van der Waals surface area contributed by atoms with Gasteiger partial charge in [-0.05, 0) is 43.3 Å². The lowest BCUT2D eigenvalue weighted by Crippen LogP contribution is -2.20. The van der Waals surface area contributed by atoms with E-state index in [0.717, 1.165) is 28.2 Å². The zero-order valence-corrected chi connectivity index (χ0v) is 12.5. The molecule has 3 rings (SSSR count). The summed E-state index contributed by atoms with van der Waals surface area (Å²) in [6.07, 6.45) is 2.69. The molecule has 1 N–H and O–H groups in total. The molecule has 0 saturated carbocycles. The van der Waals surface area contributed by atoms with Crippen molar-refractivity contribution in [3.05, 3.63) is 71.0 Å². The van der Waals surface area contributed by atoms with Gasteiger partial charge in [-0.2, -0.15) is 0 Å². The Labute approximate surface area is 129 Å². The van der Waals surface area contributed by atoms with Crippen LogP contribution in [0.5, 0.6) is 0 Å². The number of benzene rings is 2. The number of nitrogens with zero attached hydrogens (tertiary/aromatic N) is 2. The molecule has 21 heavy (non-hydrogen) atoms. The zero-order chi connectivity index (χ0) is 14.7. The molecule has 3 aromatic rings. The molecule has 1 unspecified atom stereocenters. The van der Waals surface area contributed by atoms with Crippen LogP contribution in [0.15, 0.2) is 54.7 Å². The highest BCUT2D eigenvalue weighted by Gasteiger charge is 2.13. The lowest BCUT2D eigenvalue weighted by Gasteiger charge is -2.16. The van der Waals surface area contributed by atoms with Gasteiger partial charge in [-0.25, -0.2) is 4.98 Å². The van der Waals surface area contributed by atoms with Crippen molar-refractivity contribution in [2.45, 2.75) is 12.5 Å². The summed E-state index contributed by atoms with van der Waals surface area (Å²) in [5, 5.41) is 4.07. The summed E-state index contributed by atoms with van der Waals surface area (Å²) in [5.74, 6) is 0. The molecule has 0 amide bonds. The molecule has 4 heteroatoms. The van der Waals surface area contributed by atoms with Gasteiger partial charge in [0.2, 0.25) is 0 Å².